The Morgan fingerprint density at radius 1 is 1.50 bits per heavy atom. The van der Waals surface area contributed by atoms with E-state index < -0.39 is 10.1 Å². The van der Waals surface area contributed by atoms with E-state index in [9.17, 15) is 13.0 Å². The summed E-state index contributed by atoms with van der Waals surface area (Å²) in [4.78, 5) is -0.181. The van der Waals surface area contributed by atoms with Crippen molar-refractivity contribution in [1.29, 1.82) is 0 Å². The number of allylic oxidation sites excluding steroid dienone is 1. The molecule has 14 heavy (non-hydrogen) atoms. The largest absolute Gasteiger partial charge is 0.744 e. The van der Waals surface area contributed by atoms with Gasteiger partial charge in [0.25, 0.3) is 0 Å². The molecular weight excluding hydrogens is 200 g/mol. The van der Waals surface area contributed by atoms with Crippen LogP contribution >= 0.6 is 0 Å². The summed E-state index contributed by atoms with van der Waals surface area (Å²) in [6, 6.07) is 4.35. The monoisotopic (exact) mass is 211 g/mol. The van der Waals surface area contributed by atoms with Crippen LogP contribution in [0.1, 0.15) is 11.1 Å². The van der Waals surface area contributed by atoms with Gasteiger partial charge in [0.2, 0.25) is 0 Å². The lowest BCUT2D eigenvalue weighted by Gasteiger charge is -2.10. The molecule has 0 radical (unpaired) electrons. The molecular formula is C10H11O3S-. The smallest absolute Gasteiger partial charge is 0.124 e. The lowest BCUT2D eigenvalue weighted by molar-refractivity contribution is 0.463. The highest BCUT2D eigenvalue weighted by atomic mass is 32.2. The van der Waals surface area contributed by atoms with Crippen molar-refractivity contribution in [3.63, 3.8) is 0 Å². The Bertz CT molecular complexity index is 446. The second-order valence-corrected chi connectivity index (χ2v) is 4.41. The molecule has 3 nitrogen and oxygen atoms in total. The quantitative estimate of drug-likeness (QED) is 0.564. The van der Waals surface area contributed by atoms with Crippen molar-refractivity contribution in [2.45, 2.75) is 18.2 Å². The fourth-order valence-corrected chi connectivity index (χ4v) is 1.70. The van der Waals surface area contributed by atoms with Gasteiger partial charge >= 0.3 is 0 Å². The van der Waals surface area contributed by atoms with Gasteiger partial charge in [-0.2, -0.15) is 0 Å². The molecule has 0 N–H and O–H groups in total. The van der Waals surface area contributed by atoms with Crippen LogP contribution in [0.25, 0.3) is 0 Å². The minimum atomic E-state index is -4.34. The molecule has 76 valence electrons. The zero-order valence-corrected chi connectivity index (χ0v) is 8.67. The van der Waals surface area contributed by atoms with E-state index >= 15 is 0 Å². The maximum Gasteiger partial charge on any atom is 0.124 e. The van der Waals surface area contributed by atoms with Crippen molar-refractivity contribution >= 4 is 10.1 Å². The first-order valence-corrected chi connectivity index (χ1v) is 5.52. The van der Waals surface area contributed by atoms with Crippen LogP contribution in [-0.2, 0) is 16.5 Å². The van der Waals surface area contributed by atoms with E-state index in [1.54, 1.807) is 12.1 Å². The summed E-state index contributed by atoms with van der Waals surface area (Å²) < 4.78 is 32.2. The second-order valence-electron chi connectivity index (χ2n) is 3.04. The summed E-state index contributed by atoms with van der Waals surface area (Å²) in [5.41, 5.74) is 1.77. The van der Waals surface area contributed by atoms with Gasteiger partial charge in [-0.15, -0.1) is 6.58 Å². The Labute approximate surface area is 83.8 Å². The minimum absolute atomic E-state index is 0.181. The number of hydrogen-bond donors (Lipinski definition) is 0. The van der Waals surface area contributed by atoms with Crippen LogP contribution in [0.15, 0.2) is 35.7 Å². The fraction of sp³-hybridized carbons (Fsp3) is 0.200. The van der Waals surface area contributed by atoms with Gasteiger partial charge in [-0.3, -0.25) is 0 Å². The van der Waals surface area contributed by atoms with Gasteiger partial charge in [0.1, 0.15) is 10.1 Å². The maximum atomic E-state index is 10.7. The van der Waals surface area contributed by atoms with Crippen molar-refractivity contribution in [3.8, 4) is 0 Å². The predicted molar refractivity (Wildman–Crippen MR) is 53.0 cm³/mol. The van der Waals surface area contributed by atoms with E-state index in [2.05, 4.69) is 6.58 Å². The van der Waals surface area contributed by atoms with Gasteiger partial charge in [-0.1, -0.05) is 12.1 Å². The van der Waals surface area contributed by atoms with Gasteiger partial charge in [0, 0.05) is 0 Å². The molecule has 0 aliphatic carbocycles. The number of benzene rings is 1. The average Bonchev–Trinajstić information content (AvgIpc) is 2.07. The summed E-state index contributed by atoms with van der Waals surface area (Å²) in [5.74, 6) is 0. The second kappa shape index (κ2) is 3.94. The lowest BCUT2D eigenvalue weighted by atomic mass is 10.1. The molecule has 0 amide bonds. The van der Waals surface area contributed by atoms with Crippen molar-refractivity contribution < 1.29 is 13.0 Å². The molecule has 1 aromatic carbocycles. The summed E-state index contributed by atoms with van der Waals surface area (Å²) in [5, 5.41) is 0. The van der Waals surface area contributed by atoms with Gasteiger partial charge in [0.15, 0.2) is 0 Å². The lowest BCUT2D eigenvalue weighted by Crippen LogP contribution is -2.00. The molecule has 0 saturated carbocycles. The highest BCUT2D eigenvalue weighted by Gasteiger charge is 2.03. The molecule has 0 heterocycles. The van der Waals surface area contributed by atoms with E-state index in [-0.39, 0.29) is 4.90 Å². The van der Waals surface area contributed by atoms with Crippen molar-refractivity contribution in [1.82, 2.24) is 0 Å². The fourth-order valence-electron chi connectivity index (χ4n) is 1.18. The molecule has 1 rings (SSSR count). The molecule has 0 spiro atoms. The highest BCUT2D eigenvalue weighted by molar-refractivity contribution is 7.85. The third-order valence-electron chi connectivity index (χ3n) is 1.97. The van der Waals surface area contributed by atoms with Gasteiger partial charge in [0.05, 0.1) is 4.90 Å². The van der Waals surface area contributed by atoms with Crippen LogP contribution in [0.5, 0.6) is 0 Å². The topological polar surface area (TPSA) is 57.2 Å². The van der Waals surface area contributed by atoms with Crippen LogP contribution in [-0.4, -0.2) is 13.0 Å². The Kier molecular flexibility index (Phi) is 3.08. The molecule has 0 aromatic heterocycles. The standard InChI is InChI=1S/C10H12O3S/c1-3-4-9-7-10(14(11,12)13)6-5-8(9)2/h3,5-7H,1,4H2,2H3,(H,11,12,13)/p-1. The van der Waals surface area contributed by atoms with Crippen LogP contribution in [0, 0.1) is 6.92 Å². The van der Waals surface area contributed by atoms with Crippen LogP contribution in [0.4, 0.5) is 0 Å². The third kappa shape index (κ3) is 2.43. The van der Waals surface area contributed by atoms with E-state index in [0.717, 1.165) is 11.1 Å². The van der Waals surface area contributed by atoms with Crippen molar-refractivity contribution in [2.24, 2.45) is 0 Å². The molecule has 4 heteroatoms. The average molecular weight is 211 g/mol. The zero-order valence-electron chi connectivity index (χ0n) is 7.86. The Morgan fingerprint density at radius 2 is 2.14 bits per heavy atom. The van der Waals surface area contributed by atoms with Gasteiger partial charge in [-0.05, 0) is 36.6 Å². The van der Waals surface area contributed by atoms with E-state index in [0.29, 0.717) is 6.42 Å². The Morgan fingerprint density at radius 3 is 2.64 bits per heavy atom. The first-order valence-electron chi connectivity index (χ1n) is 4.11. The molecule has 0 aliphatic heterocycles. The number of hydrogen-bond acceptors (Lipinski definition) is 3. The molecule has 0 aliphatic rings. The maximum absolute atomic E-state index is 10.7. The summed E-state index contributed by atoms with van der Waals surface area (Å²) in [6.07, 6.45) is 2.23. The Balaban J connectivity index is 3.26. The number of aryl methyl sites for hydroxylation is 1. The summed E-state index contributed by atoms with van der Waals surface area (Å²) in [6.45, 7) is 5.42. The first-order chi connectivity index (χ1) is 6.45. The number of rotatable bonds is 3. The predicted octanol–water partition coefficient (Wildman–Crippen LogP) is 1.63. The van der Waals surface area contributed by atoms with Crippen LogP contribution in [0.2, 0.25) is 0 Å². The summed E-state index contributed by atoms with van der Waals surface area (Å²) in [7, 11) is -4.34. The van der Waals surface area contributed by atoms with E-state index in [4.69, 9.17) is 0 Å². The molecule has 0 atom stereocenters. The van der Waals surface area contributed by atoms with E-state index in [1.165, 1.54) is 12.1 Å². The third-order valence-corrected chi connectivity index (χ3v) is 2.80. The highest BCUT2D eigenvalue weighted by Crippen LogP contribution is 2.15. The zero-order chi connectivity index (χ0) is 10.8. The first kappa shape index (κ1) is 10.9. The minimum Gasteiger partial charge on any atom is -0.744 e. The van der Waals surface area contributed by atoms with Gasteiger partial charge in [-0.25, -0.2) is 8.42 Å². The molecule has 0 bridgehead atoms. The molecule has 0 saturated heterocycles. The van der Waals surface area contributed by atoms with Crippen LogP contribution < -0.4 is 0 Å². The SMILES string of the molecule is C=CCc1cc(S(=O)(=O)[O-])ccc1C. The molecule has 0 fully saturated rings. The summed E-state index contributed by atoms with van der Waals surface area (Å²) >= 11 is 0. The van der Waals surface area contributed by atoms with Crippen molar-refractivity contribution in [3.05, 3.63) is 42.0 Å². The van der Waals surface area contributed by atoms with Gasteiger partial charge < -0.3 is 4.55 Å². The Hall–Kier alpha value is -1.13. The molecule has 0 unspecified atom stereocenters. The molecule has 1 aromatic rings. The van der Waals surface area contributed by atoms with Crippen LogP contribution in [0.3, 0.4) is 0 Å². The van der Waals surface area contributed by atoms with Crippen molar-refractivity contribution in [2.75, 3.05) is 0 Å². The van der Waals surface area contributed by atoms with E-state index in [1.807, 2.05) is 6.92 Å². The normalized spacial score (nSPS) is 11.3.